The lowest BCUT2D eigenvalue weighted by Crippen LogP contribution is -2.32. The molecule has 0 bridgehead atoms. The van der Waals surface area contributed by atoms with Gasteiger partial charge in [0.1, 0.15) is 16.8 Å². The number of halogens is 3. The maximum atomic E-state index is 14.0. The monoisotopic (exact) mass is 427 g/mol. The Bertz CT molecular complexity index is 1130. The van der Waals surface area contributed by atoms with Gasteiger partial charge in [-0.15, -0.1) is 0 Å². The zero-order valence-corrected chi connectivity index (χ0v) is 17.2. The SMILES string of the molecule is Cc1c(Cl)nc(C2CC2)nc1N1CCc2ncc(Nc3cccc(F)c3F)cc2C1. The summed E-state index contributed by atoms with van der Waals surface area (Å²) in [4.78, 5) is 16.0. The van der Waals surface area contributed by atoms with Crippen molar-refractivity contribution in [2.24, 2.45) is 0 Å². The quantitative estimate of drug-likeness (QED) is 0.573. The van der Waals surface area contributed by atoms with Crippen LogP contribution in [0.3, 0.4) is 0 Å². The van der Waals surface area contributed by atoms with E-state index >= 15 is 0 Å². The largest absolute Gasteiger partial charge is 0.352 e. The lowest BCUT2D eigenvalue weighted by atomic mass is 10.0. The van der Waals surface area contributed by atoms with Gasteiger partial charge in [-0.3, -0.25) is 4.98 Å². The van der Waals surface area contributed by atoms with Crippen molar-refractivity contribution in [3.8, 4) is 0 Å². The molecule has 1 N–H and O–H groups in total. The number of anilines is 3. The van der Waals surface area contributed by atoms with Crippen LogP contribution in [0.2, 0.25) is 5.15 Å². The van der Waals surface area contributed by atoms with E-state index in [4.69, 9.17) is 16.6 Å². The third-order valence-electron chi connectivity index (χ3n) is 5.59. The van der Waals surface area contributed by atoms with Gasteiger partial charge in [0.15, 0.2) is 11.6 Å². The van der Waals surface area contributed by atoms with Gasteiger partial charge in [0.25, 0.3) is 0 Å². The van der Waals surface area contributed by atoms with Crippen molar-refractivity contribution in [2.75, 3.05) is 16.8 Å². The first-order valence-electron chi connectivity index (χ1n) is 9.97. The van der Waals surface area contributed by atoms with Crippen molar-refractivity contribution in [1.82, 2.24) is 15.0 Å². The Labute approximate surface area is 178 Å². The average Bonchev–Trinajstić information content (AvgIpc) is 3.58. The van der Waals surface area contributed by atoms with Crippen LogP contribution in [0, 0.1) is 18.6 Å². The molecule has 8 heteroatoms. The van der Waals surface area contributed by atoms with Gasteiger partial charge < -0.3 is 10.2 Å². The van der Waals surface area contributed by atoms with Gasteiger partial charge in [-0.1, -0.05) is 17.7 Å². The third kappa shape index (κ3) is 3.58. The van der Waals surface area contributed by atoms with Crippen molar-refractivity contribution in [3.05, 3.63) is 69.9 Å². The van der Waals surface area contributed by atoms with E-state index in [0.717, 1.165) is 60.3 Å². The van der Waals surface area contributed by atoms with Crippen LogP contribution in [-0.2, 0) is 13.0 Å². The fourth-order valence-electron chi connectivity index (χ4n) is 3.76. The molecule has 1 aliphatic heterocycles. The number of nitrogens with zero attached hydrogens (tertiary/aromatic N) is 4. The Hall–Kier alpha value is -2.80. The maximum Gasteiger partial charge on any atom is 0.182 e. The Morgan fingerprint density at radius 3 is 2.83 bits per heavy atom. The molecule has 5 rings (SSSR count). The fourth-order valence-corrected chi connectivity index (χ4v) is 3.93. The zero-order chi connectivity index (χ0) is 20.8. The molecular weight excluding hydrogens is 408 g/mol. The van der Waals surface area contributed by atoms with Crippen LogP contribution in [-0.4, -0.2) is 21.5 Å². The van der Waals surface area contributed by atoms with E-state index in [9.17, 15) is 8.78 Å². The first-order valence-corrected chi connectivity index (χ1v) is 10.3. The smallest absolute Gasteiger partial charge is 0.182 e. The number of aromatic nitrogens is 3. The van der Waals surface area contributed by atoms with Crippen LogP contribution in [0.5, 0.6) is 0 Å². The molecule has 2 aliphatic rings. The molecule has 1 aromatic carbocycles. The number of hydrogen-bond donors (Lipinski definition) is 1. The second-order valence-electron chi connectivity index (χ2n) is 7.82. The Balaban J connectivity index is 1.43. The molecule has 0 unspecified atom stereocenters. The number of benzene rings is 1. The molecule has 0 atom stereocenters. The van der Waals surface area contributed by atoms with Gasteiger partial charge in [-0.05, 0) is 43.5 Å². The predicted molar refractivity (Wildman–Crippen MR) is 112 cm³/mol. The third-order valence-corrected chi connectivity index (χ3v) is 5.96. The lowest BCUT2D eigenvalue weighted by Gasteiger charge is -2.31. The molecule has 0 radical (unpaired) electrons. The number of nitrogens with one attached hydrogen (secondary N) is 1. The summed E-state index contributed by atoms with van der Waals surface area (Å²) < 4.78 is 27.5. The molecule has 3 heterocycles. The zero-order valence-electron chi connectivity index (χ0n) is 16.4. The minimum atomic E-state index is -0.907. The highest BCUT2D eigenvalue weighted by atomic mass is 35.5. The molecular formula is C22H20ClF2N5. The van der Waals surface area contributed by atoms with Crippen LogP contribution in [0.25, 0.3) is 0 Å². The van der Waals surface area contributed by atoms with Crippen LogP contribution in [0.15, 0.2) is 30.5 Å². The first kappa shape index (κ1) is 19.2. The van der Waals surface area contributed by atoms with Crippen LogP contribution in [0.1, 0.15) is 41.4 Å². The van der Waals surface area contributed by atoms with E-state index in [1.807, 2.05) is 13.0 Å². The Morgan fingerprint density at radius 2 is 2.03 bits per heavy atom. The lowest BCUT2D eigenvalue weighted by molar-refractivity contribution is 0.512. The van der Waals surface area contributed by atoms with Gasteiger partial charge in [0.2, 0.25) is 0 Å². The van der Waals surface area contributed by atoms with Crippen LogP contribution < -0.4 is 10.2 Å². The minimum absolute atomic E-state index is 0.0805. The summed E-state index contributed by atoms with van der Waals surface area (Å²) in [7, 11) is 0. The van der Waals surface area contributed by atoms with Gasteiger partial charge in [0, 0.05) is 36.7 Å². The van der Waals surface area contributed by atoms with Crippen molar-refractivity contribution in [2.45, 2.75) is 38.6 Å². The van der Waals surface area contributed by atoms with Gasteiger partial charge >= 0.3 is 0 Å². The van der Waals surface area contributed by atoms with Gasteiger partial charge in [0.05, 0.1) is 17.6 Å². The van der Waals surface area contributed by atoms with E-state index in [0.29, 0.717) is 23.3 Å². The summed E-state index contributed by atoms with van der Waals surface area (Å²) in [6.45, 7) is 3.33. The van der Waals surface area contributed by atoms with Crippen molar-refractivity contribution >= 4 is 28.8 Å². The molecule has 3 aromatic rings. The van der Waals surface area contributed by atoms with E-state index in [-0.39, 0.29) is 5.69 Å². The summed E-state index contributed by atoms with van der Waals surface area (Å²) in [5.74, 6) is 0.298. The predicted octanol–water partition coefficient (Wildman–Crippen LogP) is 5.30. The van der Waals surface area contributed by atoms with Crippen molar-refractivity contribution in [3.63, 3.8) is 0 Å². The summed E-state index contributed by atoms with van der Waals surface area (Å²) >= 11 is 6.39. The summed E-state index contributed by atoms with van der Waals surface area (Å²) in [5, 5.41) is 3.43. The molecule has 154 valence electrons. The molecule has 2 aromatic heterocycles. The maximum absolute atomic E-state index is 14.0. The van der Waals surface area contributed by atoms with Crippen molar-refractivity contribution < 1.29 is 8.78 Å². The number of rotatable bonds is 4. The van der Waals surface area contributed by atoms with Crippen LogP contribution in [0.4, 0.5) is 26.0 Å². The molecule has 5 nitrogen and oxygen atoms in total. The molecule has 1 fully saturated rings. The number of hydrogen-bond acceptors (Lipinski definition) is 5. The highest BCUT2D eigenvalue weighted by Crippen LogP contribution is 2.40. The van der Waals surface area contributed by atoms with E-state index in [1.54, 1.807) is 6.20 Å². The first-order chi connectivity index (χ1) is 14.5. The summed E-state index contributed by atoms with van der Waals surface area (Å²) in [6, 6.07) is 5.98. The van der Waals surface area contributed by atoms with Crippen LogP contribution >= 0.6 is 11.6 Å². The standard InChI is InChI=1S/C22H20ClF2N5/c1-12-20(23)28-21(13-5-6-13)29-22(12)30-8-7-17-14(11-30)9-15(10-26-17)27-18-4-2-3-16(24)19(18)25/h2-4,9-10,13,27H,5-8,11H2,1H3. The Morgan fingerprint density at radius 1 is 1.20 bits per heavy atom. The molecule has 1 aliphatic carbocycles. The second-order valence-corrected chi connectivity index (χ2v) is 8.18. The van der Waals surface area contributed by atoms with E-state index < -0.39 is 11.6 Å². The second kappa shape index (κ2) is 7.47. The van der Waals surface area contributed by atoms with E-state index in [2.05, 4.69) is 20.2 Å². The van der Waals surface area contributed by atoms with E-state index in [1.165, 1.54) is 12.1 Å². The molecule has 30 heavy (non-hydrogen) atoms. The fraction of sp³-hybridized carbons (Fsp3) is 0.318. The normalized spacial score (nSPS) is 15.8. The average molecular weight is 428 g/mol. The summed E-state index contributed by atoms with van der Waals surface area (Å²) in [6.07, 6.45) is 4.63. The molecule has 0 saturated heterocycles. The number of fused-ring (bicyclic) bond motifs is 1. The molecule has 0 amide bonds. The molecule has 1 saturated carbocycles. The highest BCUT2D eigenvalue weighted by molar-refractivity contribution is 6.30. The molecule has 0 spiro atoms. The highest BCUT2D eigenvalue weighted by Gasteiger charge is 2.29. The minimum Gasteiger partial charge on any atom is -0.352 e. The van der Waals surface area contributed by atoms with Crippen molar-refractivity contribution in [1.29, 1.82) is 0 Å². The number of pyridine rings is 1. The van der Waals surface area contributed by atoms with Gasteiger partial charge in [-0.2, -0.15) is 0 Å². The topological polar surface area (TPSA) is 53.9 Å². The van der Waals surface area contributed by atoms with Gasteiger partial charge in [-0.25, -0.2) is 18.7 Å². The summed E-state index contributed by atoms with van der Waals surface area (Å²) in [5.41, 5.74) is 3.57. The Kier molecular flexibility index (Phi) is 4.77.